The number of nitrogens with zero attached hydrogens (tertiary/aromatic N) is 3. The number of benzene rings is 1. The van der Waals surface area contributed by atoms with Crippen LogP contribution in [-0.2, 0) is 4.74 Å². The highest BCUT2D eigenvalue weighted by atomic mass is 35.5. The van der Waals surface area contributed by atoms with E-state index < -0.39 is 18.4 Å². The second kappa shape index (κ2) is 7.90. The van der Waals surface area contributed by atoms with Gasteiger partial charge in [-0.05, 0) is 45.0 Å². The second-order valence-corrected chi connectivity index (χ2v) is 6.67. The molecular formula is C20H17ClFN3O3. The minimum absolute atomic E-state index is 0.00832. The first kappa shape index (κ1) is 19.7. The molecule has 28 heavy (non-hydrogen) atoms. The van der Waals surface area contributed by atoms with Crippen molar-refractivity contribution in [3.63, 3.8) is 0 Å². The lowest BCUT2D eigenvalue weighted by Gasteiger charge is -2.10. The molecule has 0 aliphatic carbocycles. The number of hydrogen-bond acceptors (Lipinski definition) is 5. The SMILES string of the molecule is Cc1cnc(C(=O)OCC(=O)c2cc(C)n(-c3ccc(F)c(Cl)c3)c2C)cn1. The summed E-state index contributed by atoms with van der Waals surface area (Å²) in [4.78, 5) is 32.5. The molecule has 1 aromatic carbocycles. The van der Waals surface area contributed by atoms with Crippen molar-refractivity contribution in [3.05, 3.63) is 75.8 Å². The maximum atomic E-state index is 13.4. The Balaban J connectivity index is 1.78. The van der Waals surface area contributed by atoms with E-state index in [0.29, 0.717) is 22.6 Å². The third-order valence-corrected chi connectivity index (χ3v) is 4.51. The quantitative estimate of drug-likeness (QED) is 0.476. The third-order valence-electron chi connectivity index (χ3n) is 4.22. The van der Waals surface area contributed by atoms with Crippen LogP contribution in [0.2, 0.25) is 5.02 Å². The zero-order valence-corrected chi connectivity index (χ0v) is 16.2. The molecule has 0 aliphatic rings. The van der Waals surface area contributed by atoms with Crippen LogP contribution in [0.4, 0.5) is 4.39 Å². The molecule has 0 saturated heterocycles. The number of ketones is 1. The molecule has 6 nitrogen and oxygen atoms in total. The number of carbonyl (C=O) groups is 2. The first-order chi connectivity index (χ1) is 13.3. The van der Waals surface area contributed by atoms with Gasteiger partial charge in [-0.2, -0.15) is 0 Å². The minimum Gasteiger partial charge on any atom is -0.453 e. The van der Waals surface area contributed by atoms with Gasteiger partial charge in [-0.1, -0.05) is 11.6 Å². The highest BCUT2D eigenvalue weighted by Gasteiger charge is 2.19. The van der Waals surface area contributed by atoms with Crippen molar-refractivity contribution in [1.82, 2.24) is 14.5 Å². The van der Waals surface area contributed by atoms with Gasteiger partial charge in [0.1, 0.15) is 5.82 Å². The van der Waals surface area contributed by atoms with Crippen LogP contribution in [0.1, 0.15) is 37.9 Å². The predicted molar refractivity (Wildman–Crippen MR) is 102 cm³/mol. The molecule has 0 saturated carbocycles. The van der Waals surface area contributed by atoms with E-state index in [9.17, 15) is 14.0 Å². The molecular weight excluding hydrogens is 385 g/mol. The number of halogens is 2. The van der Waals surface area contributed by atoms with Gasteiger partial charge in [-0.15, -0.1) is 0 Å². The molecule has 144 valence electrons. The van der Waals surface area contributed by atoms with Crippen molar-refractivity contribution in [2.45, 2.75) is 20.8 Å². The molecule has 0 aliphatic heterocycles. The van der Waals surface area contributed by atoms with Gasteiger partial charge in [0.05, 0.1) is 16.9 Å². The van der Waals surface area contributed by atoms with Crippen molar-refractivity contribution in [1.29, 1.82) is 0 Å². The summed E-state index contributed by atoms with van der Waals surface area (Å²) in [6.45, 7) is 4.89. The molecule has 2 aromatic heterocycles. The molecule has 0 unspecified atom stereocenters. The summed E-state index contributed by atoms with van der Waals surface area (Å²) in [5.41, 5.74) is 3.13. The van der Waals surface area contributed by atoms with Gasteiger partial charge in [-0.25, -0.2) is 14.2 Å². The third kappa shape index (κ3) is 3.94. The summed E-state index contributed by atoms with van der Waals surface area (Å²) >= 11 is 5.87. The number of aryl methyl sites for hydroxylation is 2. The summed E-state index contributed by atoms with van der Waals surface area (Å²) in [6, 6.07) is 6.02. The van der Waals surface area contributed by atoms with Gasteiger partial charge >= 0.3 is 5.97 Å². The fourth-order valence-electron chi connectivity index (χ4n) is 2.85. The normalized spacial score (nSPS) is 10.8. The van der Waals surface area contributed by atoms with Crippen molar-refractivity contribution >= 4 is 23.4 Å². The first-order valence-corrected chi connectivity index (χ1v) is 8.79. The van der Waals surface area contributed by atoms with Crippen molar-refractivity contribution in [2.24, 2.45) is 0 Å². The van der Waals surface area contributed by atoms with E-state index in [0.717, 1.165) is 5.69 Å². The smallest absolute Gasteiger partial charge is 0.358 e. The van der Waals surface area contributed by atoms with E-state index in [1.807, 2.05) is 6.92 Å². The maximum Gasteiger partial charge on any atom is 0.358 e. The summed E-state index contributed by atoms with van der Waals surface area (Å²) < 4.78 is 20.3. The number of hydrogen-bond donors (Lipinski definition) is 0. The van der Waals surface area contributed by atoms with E-state index in [1.54, 1.807) is 30.5 Å². The average Bonchev–Trinajstić information content (AvgIpc) is 2.97. The van der Waals surface area contributed by atoms with Gasteiger partial charge in [0.25, 0.3) is 0 Å². The zero-order chi connectivity index (χ0) is 20.4. The Bertz CT molecular complexity index is 1060. The van der Waals surface area contributed by atoms with Crippen LogP contribution in [0.5, 0.6) is 0 Å². The van der Waals surface area contributed by atoms with Gasteiger partial charge in [-0.3, -0.25) is 9.78 Å². The Morgan fingerprint density at radius 2 is 1.89 bits per heavy atom. The van der Waals surface area contributed by atoms with E-state index >= 15 is 0 Å². The van der Waals surface area contributed by atoms with Gasteiger partial charge in [0.15, 0.2) is 12.3 Å². The molecule has 2 heterocycles. The minimum atomic E-state index is -0.722. The Hall–Kier alpha value is -3.06. The van der Waals surface area contributed by atoms with Crippen LogP contribution in [0.25, 0.3) is 5.69 Å². The lowest BCUT2D eigenvalue weighted by molar-refractivity contribution is 0.0468. The molecule has 0 spiro atoms. The highest BCUT2D eigenvalue weighted by Crippen LogP contribution is 2.25. The van der Waals surface area contributed by atoms with Crippen LogP contribution in [-0.4, -0.2) is 32.9 Å². The summed E-state index contributed by atoms with van der Waals surface area (Å²) in [5, 5.41) is -0.00832. The van der Waals surface area contributed by atoms with Gasteiger partial charge in [0.2, 0.25) is 5.78 Å². The predicted octanol–water partition coefficient (Wildman–Crippen LogP) is 4.02. The van der Waals surface area contributed by atoms with Crippen LogP contribution >= 0.6 is 11.6 Å². The van der Waals surface area contributed by atoms with Crippen molar-refractivity contribution < 1.29 is 18.7 Å². The van der Waals surface area contributed by atoms with Crippen LogP contribution < -0.4 is 0 Å². The molecule has 0 bridgehead atoms. The molecule has 0 N–H and O–H groups in total. The molecule has 0 atom stereocenters. The Morgan fingerprint density at radius 1 is 1.14 bits per heavy atom. The Labute approximate surface area is 165 Å². The number of Topliss-reactive ketones (excluding diaryl/α,β-unsaturated/α-hetero) is 1. The van der Waals surface area contributed by atoms with E-state index in [1.165, 1.54) is 24.5 Å². The number of esters is 1. The fourth-order valence-corrected chi connectivity index (χ4v) is 3.02. The van der Waals surface area contributed by atoms with Crippen molar-refractivity contribution in [3.8, 4) is 5.69 Å². The largest absolute Gasteiger partial charge is 0.453 e. The van der Waals surface area contributed by atoms with Gasteiger partial charge in [0, 0.05) is 28.8 Å². The number of aromatic nitrogens is 3. The standard InChI is InChI=1S/C20H17ClFN3O3/c1-11-8-24-18(9-23-11)20(27)28-10-19(26)15-6-12(2)25(13(15)3)14-4-5-17(22)16(21)7-14/h4-9H,10H2,1-3H3. The highest BCUT2D eigenvalue weighted by molar-refractivity contribution is 6.30. The second-order valence-electron chi connectivity index (χ2n) is 6.26. The van der Waals surface area contributed by atoms with E-state index in [2.05, 4.69) is 9.97 Å². The maximum absolute atomic E-state index is 13.4. The fraction of sp³-hybridized carbons (Fsp3) is 0.200. The van der Waals surface area contributed by atoms with Crippen LogP contribution in [0.15, 0.2) is 36.7 Å². The molecule has 8 heteroatoms. The number of rotatable bonds is 5. The molecule has 0 radical (unpaired) electrons. The summed E-state index contributed by atoms with van der Waals surface area (Å²) in [6.07, 6.45) is 2.74. The molecule has 3 rings (SSSR count). The number of ether oxygens (including phenoxy) is 1. The van der Waals surface area contributed by atoms with E-state index in [4.69, 9.17) is 16.3 Å². The van der Waals surface area contributed by atoms with Gasteiger partial charge < -0.3 is 9.30 Å². The lowest BCUT2D eigenvalue weighted by atomic mass is 10.1. The molecule has 3 aromatic rings. The molecule has 0 amide bonds. The Morgan fingerprint density at radius 3 is 2.54 bits per heavy atom. The average molecular weight is 402 g/mol. The topological polar surface area (TPSA) is 74.1 Å². The van der Waals surface area contributed by atoms with E-state index in [-0.39, 0.29) is 16.5 Å². The summed E-state index contributed by atoms with van der Waals surface area (Å²) in [5.74, 6) is -1.60. The zero-order valence-electron chi connectivity index (χ0n) is 15.5. The monoisotopic (exact) mass is 401 g/mol. The summed E-state index contributed by atoms with van der Waals surface area (Å²) in [7, 11) is 0. The number of carbonyl (C=O) groups excluding carboxylic acids is 2. The van der Waals surface area contributed by atoms with Crippen LogP contribution in [0.3, 0.4) is 0 Å². The molecule has 0 fully saturated rings. The van der Waals surface area contributed by atoms with Crippen molar-refractivity contribution in [2.75, 3.05) is 6.61 Å². The first-order valence-electron chi connectivity index (χ1n) is 8.41. The Kier molecular flexibility index (Phi) is 5.56. The lowest BCUT2D eigenvalue weighted by Crippen LogP contribution is -2.16. The van der Waals surface area contributed by atoms with Crippen LogP contribution in [0, 0.1) is 26.6 Å².